The molecule has 1 aliphatic carbocycles. The van der Waals surface area contributed by atoms with Gasteiger partial charge in [-0.25, -0.2) is 0 Å². The second-order valence-electron chi connectivity index (χ2n) is 17.8. The largest absolute Gasteiger partial charge is 0.507 e. The molecule has 2 aromatic rings. The van der Waals surface area contributed by atoms with E-state index < -0.39 is 88.8 Å². The molecule has 1 saturated carbocycles. The van der Waals surface area contributed by atoms with Crippen LogP contribution in [0.4, 0.5) is 5.69 Å². The van der Waals surface area contributed by atoms with E-state index in [9.17, 15) is 39.9 Å². The van der Waals surface area contributed by atoms with Crippen LogP contribution in [0, 0.1) is 30.6 Å². The number of anilines is 1. The Morgan fingerprint density at radius 2 is 1.59 bits per heavy atom. The Bertz CT molecular complexity index is 2190. The molecule has 1 saturated heterocycles. The van der Waals surface area contributed by atoms with Crippen LogP contribution >= 0.6 is 0 Å². The van der Waals surface area contributed by atoms with Gasteiger partial charge >= 0.3 is 11.8 Å². The first-order valence-electron chi connectivity index (χ1n) is 21.9. The third-order valence-corrected chi connectivity index (χ3v) is 13.5. The first kappa shape index (κ1) is 47.3. The lowest BCUT2D eigenvalue weighted by atomic mass is 9.78. The highest BCUT2D eigenvalue weighted by Gasteiger charge is 2.50. The van der Waals surface area contributed by atoms with Gasteiger partial charge < -0.3 is 49.8 Å². The molecule has 4 aliphatic heterocycles. The van der Waals surface area contributed by atoms with Crippen molar-refractivity contribution >= 4 is 40.3 Å². The third kappa shape index (κ3) is 9.40. The second kappa shape index (κ2) is 19.3. The summed E-state index contributed by atoms with van der Waals surface area (Å²) in [5.41, 5.74) is -0.293. The number of rotatable bonds is 5. The minimum absolute atomic E-state index is 0.0631. The number of hydrazone groups is 1. The van der Waals surface area contributed by atoms with Crippen molar-refractivity contribution in [1.82, 2.24) is 9.91 Å². The number of allylic oxidation sites excluding steroid dienone is 2. The molecule has 63 heavy (non-hydrogen) atoms. The number of esters is 1. The zero-order valence-corrected chi connectivity index (χ0v) is 37.8. The lowest BCUT2D eigenvalue weighted by Crippen LogP contribution is -2.47. The SMILES string of the molecule is CO[C@H]1/C=C/O[C@@]2(C)Oc3c(C)c(O)c4c(O)c(c(C=NN5CCN(C6CCCC6)CC5)c(O)c4c3C2=O)NC(=O)/C(C)=C\C=C\[C@H](C)[C@H](O)[C@@H](C)[C@@H](O)[C@@H](C)[C@H](OC(C)=O)[C@@H]1C. The molecule has 2 fully saturated rings. The highest BCUT2D eigenvalue weighted by Crippen LogP contribution is 2.55. The van der Waals surface area contributed by atoms with Crippen molar-refractivity contribution in [2.45, 2.75) is 117 Å². The summed E-state index contributed by atoms with van der Waals surface area (Å²) in [5.74, 6) is -8.28. The lowest BCUT2D eigenvalue weighted by molar-refractivity contribution is -0.160. The number of nitrogens with one attached hydrogen (secondary N) is 1. The summed E-state index contributed by atoms with van der Waals surface area (Å²) < 4.78 is 23.7. The third-order valence-electron chi connectivity index (χ3n) is 13.5. The molecule has 2 aromatic carbocycles. The van der Waals surface area contributed by atoms with E-state index in [0.29, 0.717) is 19.1 Å². The van der Waals surface area contributed by atoms with Gasteiger partial charge in [-0.1, -0.05) is 58.8 Å². The van der Waals surface area contributed by atoms with Gasteiger partial charge in [-0.3, -0.25) is 24.3 Å². The molecule has 9 atom stereocenters. The molecule has 1 amide bonds. The van der Waals surface area contributed by atoms with Crippen molar-refractivity contribution in [1.29, 1.82) is 0 Å². The van der Waals surface area contributed by atoms with E-state index >= 15 is 0 Å². The summed E-state index contributed by atoms with van der Waals surface area (Å²) in [7, 11) is 1.44. The number of carbonyl (C=O) groups excluding carboxylic acids is 3. The van der Waals surface area contributed by atoms with E-state index in [0.717, 1.165) is 13.1 Å². The van der Waals surface area contributed by atoms with Gasteiger partial charge in [0.1, 0.15) is 23.4 Å². The predicted octanol–water partition coefficient (Wildman–Crippen LogP) is 5.65. The van der Waals surface area contributed by atoms with E-state index in [2.05, 4.69) is 15.3 Å². The summed E-state index contributed by atoms with van der Waals surface area (Å²) in [5, 5.41) is 67.6. The zero-order chi connectivity index (χ0) is 46.1. The Morgan fingerprint density at radius 3 is 2.22 bits per heavy atom. The van der Waals surface area contributed by atoms with Crippen LogP contribution in [-0.2, 0) is 23.8 Å². The molecule has 16 nitrogen and oxygen atoms in total. The van der Waals surface area contributed by atoms with Crippen molar-refractivity contribution in [2.75, 3.05) is 38.6 Å². The van der Waals surface area contributed by atoms with Gasteiger partial charge in [0.2, 0.25) is 0 Å². The number of fused-ring (bicyclic) bond motifs is 14. The van der Waals surface area contributed by atoms with Crippen molar-refractivity contribution in [3.63, 3.8) is 0 Å². The number of benzene rings is 2. The number of ether oxygens (including phenoxy) is 4. The molecule has 0 radical (unpaired) electrons. The zero-order valence-electron chi connectivity index (χ0n) is 37.8. The van der Waals surface area contributed by atoms with Gasteiger partial charge in [0.25, 0.3) is 11.7 Å². The predicted molar refractivity (Wildman–Crippen MR) is 237 cm³/mol. The number of Topliss-reactive ketones (excluding diaryl/α,β-unsaturated/α-hetero) is 1. The fourth-order valence-electron chi connectivity index (χ4n) is 9.47. The van der Waals surface area contributed by atoms with Gasteiger partial charge in [0, 0.05) is 93.4 Å². The van der Waals surface area contributed by atoms with Crippen LogP contribution in [0.3, 0.4) is 0 Å². The summed E-state index contributed by atoms with van der Waals surface area (Å²) in [6.07, 6.45) is 9.75. The minimum Gasteiger partial charge on any atom is -0.507 e. The van der Waals surface area contributed by atoms with Crippen molar-refractivity contribution in [3.8, 4) is 23.0 Å². The standard InChI is InChI=1S/C47H64N4O12/c1-24-13-12-14-25(2)46(59)49-37-32(23-48-51-20-18-50(19-21-51)31-15-10-11-16-31)41(56)34-35(42(37)57)40(55)29(6)44-36(34)45(58)47(8,63-44)61-22-17-33(60-9)26(3)43(62-30(7)52)28(5)39(54)27(4)38(24)53/h12-14,17,22-24,26-28,31,33,38-39,43,53-57H,10-11,15-16,18-21H2,1-9H3,(H,49,59)/b13-12+,22-17+,25-14-,48-23?/t24-,26+,27+,28+,33-,38-,39+,43+,47-/m0/s1. The van der Waals surface area contributed by atoms with Crippen LogP contribution in [0.1, 0.15) is 95.6 Å². The van der Waals surface area contributed by atoms with Gasteiger partial charge in [-0.2, -0.15) is 5.10 Å². The maximum atomic E-state index is 14.5. The number of hydrogen-bond acceptors (Lipinski definition) is 15. The molecule has 6 N–H and O–H groups in total. The lowest BCUT2D eigenvalue weighted by Gasteiger charge is -2.38. The van der Waals surface area contributed by atoms with Crippen molar-refractivity contribution < 1.29 is 58.9 Å². The summed E-state index contributed by atoms with van der Waals surface area (Å²) in [6.45, 7) is 15.4. The molecule has 16 heteroatoms. The number of nitrogens with zero attached hydrogens (tertiary/aromatic N) is 3. The quantitative estimate of drug-likeness (QED) is 0.0926. The number of ketones is 1. The number of hydrogen-bond donors (Lipinski definition) is 6. The molecule has 5 bridgehead atoms. The number of carbonyl (C=O) groups is 3. The Balaban J connectivity index is 1.47. The van der Waals surface area contributed by atoms with Crippen LogP contribution in [0.2, 0.25) is 0 Å². The van der Waals surface area contributed by atoms with Crippen LogP contribution in [0.25, 0.3) is 10.8 Å². The number of phenolic OH excluding ortho intramolecular Hbond substituents is 3. The summed E-state index contributed by atoms with van der Waals surface area (Å²) >= 11 is 0. The second-order valence-corrected chi connectivity index (χ2v) is 17.8. The Morgan fingerprint density at radius 1 is 0.921 bits per heavy atom. The Labute approximate surface area is 368 Å². The highest BCUT2D eigenvalue weighted by molar-refractivity contribution is 6.23. The topological polar surface area (TPSA) is 220 Å². The van der Waals surface area contributed by atoms with E-state index in [1.807, 2.05) is 5.01 Å². The van der Waals surface area contributed by atoms with E-state index in [4.69, 9.17) is 18.9 Å². The van der Waals surface area contributed by atoms with E-state index in [-0.39, 0.29) is 44.5 Å². The van der Waals surface area contributed by atoms with Gasteiger partial charge in [0.15, 0.2) is 5.75 Å². The van der Waals surface area contributed by atoms with Crippen LogP contribution < -0.4 is 10.1 Å². The van der Waals surface area contributed by atoms with Gasteiger partial charge in [-0.15, -0.1) is 0 Å². The maximum absolute atomic E-state index is 14.5. The van der Waals surface area contributed by atoms with E-state index in [1.54, 1.807) is 39.8 Å². The van der Waals surface area contributed by atoms with Crippen molar-refractivity contribution in [3.05, 3.63) is 52.8 Å². The van der Waals surface area contributed by atoms with E-state index in [1.165, 1.54) is 85.1 Å². The number of phenols is 3. The van der Waals surface area contributed by atoms with Crippen LogP contribution in [-0.4, -0.2) is 129 Å². The van der Waals surface area contributed by atoms with Crippen molar-refractivity contribution in [2.24, 2.45) is 28.8 Å². The number of aliphatic hydroxyl groups is 2. The average Bonchev–Trinajstić information content (AvgIpc) is 3.89. The molecular formula is C47H64N4O12. The van der Waals surface area contributed by atoms with Gasteiger partial charge in [-0.05, 0) is 32.8 Å². The first-order valence-corrected chi connectivity index (χ1v) is 21.9. The summed E-state index contributed by atoms with van der Waals surface area (Å²) in [4.78, 5) is 43.2. The molecule has 4 heterocycles. The number of piperazine rings is 1. The number of methoxy groups -OCH3 is 1. The molecule has 344 valence electrons. The summed E-state index contributed by atoms with van der Waals surface area (Å²) in [6, 6.07) is 0.553. The molecule has 7 rings (SSSR count). The molecular weight excluding hydrogens is 813 g/mol. The van der Waals surface area contributed by atoms with Crippen LogP contribution in [0.5, 0.6) is 23.0 Å². The molecule has 0 unspecified atom stereocenters. The fraction of sp³-hybridized carbons (Fsp3) is 0.574. The number of aromatic hydroxyl groups is 3. The molecule has 0 spiro atoms. The maximum Gasteiger partial charge on any atom is 0.312 e. The monoisotopic (exact) mass is 876 g/mol. The first-order chi connectivity index (χ1) is 29.8. The highest BCUT2D eigenvalue weighted by atomic mass is 16.7. The smallest absolute Gasteiger partial charge is 0.312 e. The molecule has 0 aromatic heterocycles. The normalized spacial score (nSPS) is 32.4. The Hall–Kier alpha value is -5.16. The van der Waals surface area contributed by atoms with Gasteiger partial charge in [0.05, 0.1) is 53.0 Å². The minimum atomic E-state index is -2.04. The van der Waals surface area contributed by atoms with Crippen LogP contribution in [0.15, 0.2) is 41.2 Å². The number of aliphatic hydroxyl groups excluding tert-OH is 2. The number of amides is 1. The Kier molecular flexibility index (Phi) is 14.5. The molecule has 5 aliphatic rings. The average molecular weight is 877 g/mol. The fourth-order valence-corrected chi connectivity index (χ4v) is 9.47.